The van der Waals surface area contributed by atoms with Crippen molar-refractivity contribution in [1.29, 1.82) is 0 Å². The van der Waals surface area contributed by atoms with Crippen LogP contribution >= 0.6 is 11.3 Å². The van der Waals surface area contributed by atoms with Crippen LogP contribution in [0.2, 0.25) is 0 Å². The second-order valence-corrected chi connectivity index (χ2v) is 7.50. The van der Waals surface area contributed by atoms with Crippen molar-refractivity contribution < 1.29 is 19.4 Å². The highest BCUT2D eigenvalue weighted by Gasteiger charge is 2.51. The topological polar surface area (TPSA) is 75.6 Å². The summed E-state index contributed by atoms with van der Waals surface area (Å²) in [6, 6.07) is 1.98. The lowest BCUT2D eigenvalue weighted by molar-refractivity contribution is -0.148. The lowest BCUT2D eigenvalue weighted by Gasteiger charge is -2.46. The third kappa shape index (κ3) is 3.37. The van der Waals surface area contributed by atoms with Crippen LogP contribution in [0.1, 0.15) is 44.1 Å². The van der Waals surface area contributed by atoms with E-state index in [9.17, 15) is 9.59 Å². The summed E-state index contributed by atoms with van der Waals surface area (Å²) in [7, 11) is 0. The Morgan fingerprint density at radius 1 is 1.43 bits per heavy atom. The second-order valence-electron chi connectivity index (χ2n) is 6.59. The molecule has 1 aromatic heterocycles. The Bertz CT molecular complexity index is 552. The molecule has 0 saturated heterocycles. The predicted octanol–water partition coefficient (Wildman–Crippen LogP) is 3.27. The van der Waals surface area contributed by atoms with Crippen molar-refractivity contribution in [2.45, 2.75) is 51.7 Å². The molecule has 1 aliphatic carbocycles. The lowest BCUT2D eigenvalue weighted by Crippen LogP contribution is -2.57. The van der Waals surface area contributed by atoms with E-state index in [0.29, 0.717) is 12.8 Å². The van der Waals surface area contributed by atoms with Gasteiger partial charge in [-0.3, -0.25) is 4.79 Å². The number of carbonyl (C=O) groups is 2. The van der Waals surface area contributed by atoms with E-state index in [0.717, 1.165) is 10.4 Å². The van der Waals surface area contributed by atoms with Crippen molar-refractivity contribution >= 4 is 23.4 Å². The first-order valence-corrected chi connectivity index (χ1v) is 7.79. The molecule has 1 aliphatic rings. The van der Waals surface area contributed by atoms with Crippen molar-refractivity contribution in [1.82, 2.24) is 5.32 Å². The second kappa shape index (κ2) is 5.33. The Balaban J connectivity index is 2.18. The van der Waals surface area contributed by atoms with Crippen LogP contribution in [-0.2, 0) is 15.1 Å². The fourth-order valence-electron chi connectivity index (χ4n) is 2.66. The van der Waals surface area contributed by atoms with Gasteiger partial charge in [0.1, 0.15) is 5.60 Å². The fourth-order valence-corrected chi connectivity index (χ4v) is 3.77. The molecule has 0 unspecified atom stereocenters. The van der Waals surface area contributed by atoms with Gasteiger partial charge in [0.25, 0.3) is 0 Å². The zero-order valence-electron chi connectivity index (χ0n) is 12.7. The number of carboxylic acid groups (broad SMARTS) is 1. The number of carboxylic acids is 1. The maximum atomic E-state index is 12.1. The molecule has 0 aliphatic heterocycles. The van der Waals surface area contributed by atoms with Gasteiger partial charge in [0.2, 0.25) is 0 Å². The number of amides is 1. The highest BCUT2D eigenvalue weighted by Crippen LogP contribution is 2.48. The number of alkyl carbamates (subject to hydrolysis) is 1. The third-order valence-electron chi connectivity index (χ3n) is 3.58. The van der Waals surface area contributed by atoms with Gasteiger partial charge in [-0.25, -0.2) is 4.79 Å². The van der Waals surface area contributed by atoms with Gasteiger partial charge < -0.3 is 15.2 Å². The molecule has 21 heavy (non-hydrogen) atoms. The van der Waals surface area contributed by atoms with Crippen LogP contribution in [0.15, 0.2) is 11.4 Å². The molecule has 1 saturated carbocycles. The number of rotatable bonds is 3. The van der Waals surface area contributed by atoms with Crippen LogP contribution in [0.25, 0.3) is 0 Å². The number of aliphatic carboxylic acids is 1. The van der Waals surface area contributed by atoms with E-state index in [1.165, 1.54) is 0 Å². The Morgan fingerprint density at radius 3 is 2.48 bits per heavy atom. The van der Waals surface area contributed by atoms with Gasteiger partial charge in [0, 0.05) is 4.88 Å². The first-order valence-electron chi connectivity index (χ1n) is 6.91. The molecule has 1 fully saturated rings. The summed E-state index contributed by atoms with van der Waals surface area (Å²) in [6.45, 7) is 7.38. The minimum atomic E-state index is -0.814. The predicted molar refractivity (Wildman–Crippen MR) is 80.5 cm³/mol. The summed E-state index contributed by atoms with van der Waals surface area (Å²) in [6.07, 6.45) is 0.311. The number of nitrogens with one attached hydrogen (secondary N) is 1. The minimum Gasteiger partial charge on any atom is -0.481 e. The monoisotopic (exact) mass is 311 g/mol. The fraction of sp³-hybridized carbons (Fsp3) is 0.600. The van der Waals surface area contributed by atoms with Gasteiger partial charge >= 0.3 is 12.1 Å². The van der Waals surface area contributed by atoms with E-state index in [4.69, 9.17) is 9.84 Å². The Morgan fingerprint density at radius 2 is 2.05 bits per heavy atom. The van der Waals surface area contributed by atoms with Crippen molar-refractivity contribution in [3.8, 4) is 0 Å². The molecule has 5 nitrogen and oxygen atoms in total. The number of aryl methyl sites for hydroxylation is 1. The Labute approximate surface area is 128 Å². The van der Waals surface area contributed by atoms with E-state index >= 15 is 0 Å². The van der Waals surface area contributed by atoms with Gasteiger partial charge in [-0.15, -0.1) is 11.3 Å². The first kappa shape index (κ1) is 15.8. The lowest BCUT2D eigenvalue weighted by atomic mass is 9.67. The summed E-state index contributed by atoms with van der Waals surface area (Å²) in [5, 5.41) is 14.0. The molecule has 0 radical (unpaired) electrons. The van der Waals surface area contributed by atoms with Gasteiger partial charge in [-0.1, -0.05) is 0 Å². The van der Waals surface area contributed by atoms with E-state index in [-0.39, 0.29) is 0 Å². The highest BCUT2D eigenvalue weighted by molar-refractivity contribution is 7.10. The van der Waals surface area contributed by atoms with E-state index in [2.05, 4.69) is 5.32 Å². The maximum absolute atomic E-state index is 12.1. The molecule has 116 valence electrons. The smallest absolute Gasteiger partial charge is 0.408 e. The van der Waals surface area contributed by atoms with Crippen LogP contribution in [0, 0.1) is 12.8 Å². The minimum absolute atomic E-state index is 0.406. The zero-order valence-corrected chi connectivity index (χ0v) is 13.5. The molecule has 0 spiro atoms. The van der Waals surface area contributed by atoms with E-state index < -0.39 is 29.1 Å². The van der Waals surface area contributed by atoms with Crippen molar-refractivity contribution in [2.75, 3.05) is 0 Å². The molecule has 0 atom stereocenters. The van der Waals surface area contributed by atoms with Crippen molar-refractivity contribution in [3.05, 3.63) is 21.9 Å². The number of carbonyl (C=O) groups excluding carboxylic acids is 1. The summed E-state index contributed by atoms with van der Waals surface area (Å²) in [5.41, 5.74) is -0.116. The van der Waals surface area contributed by atoms with Crippen molar-refractivity contribution in [3.63, 3.8) is 0 Å². The molecule has 2 N–H and O–H groups in total. The van der Waals surface area contributed by atoms with Crippen molar-refractivity contribution in [2.24, 2.45) is 5.92 Å². The zero-order chi connectivity index (χ0) is 15.8. The number of ether oxygens (including phenoxy) is 1. The standard InChI is InChI=1S/C15H21NO4S/c1-9-5-6-21-11(9)15(7-10(8-15)12(17)18)16-13(19)20-14(2,3)4/h5-6,10H,7-8H2,1-4H3,(H,16,19)(H,17,18). The summed E-state index contributed by atoms with van der Waals surface area (Å²) in [5.74, 6) is -1.23. The quantitative estimate of drug-likeness (QED) is 0.898. The Kier molecular flexibility index (Phi) is 4.02. The summed E-state index contributed by atoms with van der Waals surface area (Å²) in [4.78, 5) is 24.2. The number of thiophene rings is 1. The van der Waals surface area contributed by atoms with Gasteiger partial charge in [-0.2, -0.15) is 0 Å². The first-order chi connectivity index (χ1) is 9.63. The summed E-state index contributed by atoms with van der Waals surface area (Å²) < 4.78 is 5.31. The molecule has 1 aromatic rings. The van der Waals surface area contributed by atoms with E-state index in [1.54, 1.807) is 32.1 Å². The molecule has 0 aromatic carbocycles. The summed E-state index contributed by atoms with van der Waals surface area (Å²) >= 11 is 1.54. The number of hydrogen-bond acceptors (Lipinski definition) is 4. The maximum Gasteiger partial charge on any atom is 0.408 e. The van der Waals surface area contributed by atoms with Crippen LogP contribution in [0.5, 0.6) is 0 Å². The van der Waals surface area contributed by atoms with Gasteiger partial charge in [0.05, 0.1) is 11.5 Å². The van der Waals surface area contributed by atoms with Crippen LogP contribution in [0.4, 0.5) is 4.79 Å². The average Bonchev–Trinajstić information content (AvgIpc) is 2.66. The molecule has 2 rings (SSSR count). The van der Waals surface area contributed by atoms with Crippen LogP contribution < -0.4 is 5.32 Å². The Hall–Kier alpha value is -1.56. The highest BCUT2D eigenvalue weighted by atomic mass is 32.1. The molecule has 1 heterocycles. The SMILES string of the molecule is Cc1ccsc1C1(NC(=O)OC(C)(C)C)CC(C(=O)O)C1. The normalized spacial score (nSPS) is 25.0. The molecular formula is C15H21NO4S. The number of hydrogen-bond donors (Lipinski definition) is 2. The molecular weight excluding hydrogens is 290 g/mol. The van der Waals surface area contributed by atoms with Gasteiger partial charge in [0.15, 0.2) is 0 Å². The molecule has 1 amide bonds. The largest absolute Gasteiger partial charge is 0.481 e. The van der Waals surface area contributed by atoms with E-state index in [1.807, 2.05) is 18.4 Å². The molecule has 0 bridgehead atoms. The van der Waals surface area contributed by atoms with Crippen LogP contribution in [-0.4, -0.2) is 22.8 Å². The van der Waals surface area contributed by atoms with Crippen LogP contribution in [0.3, 0.4) is 0 Å². The van der Waals surface area contributed by atoms with Gasteiger partial charge in [-0.05, 0) is 57.5 Å². The molecule has 6 heteroatoms. The average molecular weight is 311 g/mol. The third-order valence-corrected chi connectivity index (χ3v) is 4.80.